The number of nitrogens with one attached hydrogen (secondary N) is 1. The highest BCUT2D eigenvalue weighted by molar-refractivity contribution is 5.88. The van der Waals surface area contributed by atoms with Crippen LogP contribution in [0.5, 0.6) is 0 Å². The molecule has 1 aromatic carbocycles. The smallest absolute Gasteiger partial charge is 0.338 e. The molecule has 4 heteroatoms. The molecule has 0 spiro atoms. The van der Waals surface area contributed by atoms with Gasteiger partial charge in [0.05, 0.1) is 5.56 Å². The van der Waals surface area contributed by atoms with Crippen LogP contribution < -0.4 is 5.32 Å². The van der Waals surface area contributed by atoms with Gasteiger partial charge in [-0.1, -0.05) is 13.8 Å². The van der Waals surface area contributed by atoms with Gasteiger partial charge in [-0.05, 0) is 43.9 Å². The Bertz CT molecular complexity index is 418. The monoisotopic (exact) mass is 253 g/mol. The van der Waals surface area contributed by atoms with E-state index in [0.29, 0.717) is 11.6 Å². The Kier molecular flexibility index (Phi) is 5.13. The molecule has 18 heavy (non-hydrogen) atoms. The molecule has 1 atom stereocenters. The molecular weight excluding hydrogens is 233 g/mol. The minimum absolute atomic E-state index is 0.238. The number of halogens is 1. The van der Waals surface area contributed by atoms with Gasteiger partial charge in [0.15, 0.2) is 0 Å². The van der Waals surface area contributed by atoms with E-state index < -0.39 is 11.8 Å². The molecule has 0 bridgehead atoms. The lowest BCUT2D eigenvalue weighted by Crippen LogP contribution is -2.16. The Balaban J connectivity index is 2.63. The Hall–Kier alpha value is -1.58. The van der Waals surface area contributed by atoms with E-state index in [1.165, 1.54) is 12.1 Å². The third-order valence-corrected chi connectivity index (χ3v) is 2.79. The molecule has 0 amide bonds. The van der Waals surface area contributed by atoms with E-state index in [4.69, 9.17) is 5.11 Å². The molecule has 0 aromatic heterocycles. The summed E-state index contributed by atoms with van der Waals surface area (Å²) < 4.78 is 13.4. The second kappa shape index (κ2) is 6.38. The second-order valence-corrected chi connectivity index (χ2v) is 5.02. The fourth-order valence-corrected chi connectivity index (χ4v) is 1.72. The first-order valence-corrected chi connectivity index (χ1v) is 6.19. The maximum absolute atomic E-state index is 13.4. The van der Waals surface area contributed by atoms with Crippen molar-refractivity contribution in [2.75, 3.05) is 5.32 Å². The predicted octanol–water partition coefficient (Wildman–Crippen LogP) is 3.76. The van der Waals surface area contributed by atoms with Gasteiger partial charge in [0, 0.05) is 11.7 Å². The van der Waals surface area contributed by atoms with Crippen molar-refractivity contribution in [2.24, 2.45) is 5.92 Å². The molecule has 3 nitrogen and oxygen atoms in total. The van der Waals surface area contributed by atoms with Crippen LogP contribution in [-0.2, 0) is 0 Å². The average molecular weight is 253 g/mol. The molecule has 0 aliphatic heterocycles. The van der Waals surface area contributed by atoms with Crippen molar-refractivity contribution in [1.29, 1.82) is 0 Å². The van der Waals surface area contributed by atoms with Crippen molar-refractivity contribution in [1.82, 2.24) is 0 Å². The molecule has 0 radical (unpaired) electrons. The van der Waals surface area contributed by atoms with Gasteiger partial charge in [0.25, 0.3) is 0 Å². The summed E-state index contributed by atoms with van der Waals surface area (Å²) in [6.07, 6.45) is 2.10. The van der Waals surface area contributed by atoms with Gasteiger partial charge >= 0.3 is 5.97 Å². The minimum atomic E-state index is -1.24. The van der Waals surface area contributed by atoms with Crippen LogP contribution in [0.1, 0.15) is 44.0 Å². The molecule has 0 fully saturated rings. The molecule has 0 aliphatic carbocycles. The lowest BCUT2D eigenvalue weighted by molar-refractivity contribution is 0.0692. The van der Waals surface area contributed by atoms with Gasteiger partial charge in [-0.15, -0.1) is 0 Å². The Morgan fingerprint density at radius 3 is 2.50 bits per heavy atom. The Morgan fingerprint density at radius 2 is 2.00 bits per heavy atom. The number of carboxylic acids is 1. The lowest BCUT2D eigenvalue weighted by Gasteiger charge is -2.16. The molecule has 1 rings (SSSR count). The summed E-state index contributed by atoms with van der Waals surface area (Å²) in [7, 11) is 0. The highest BCUT2D eigenvalue weighted by Gasteiger charge is 2.11. The van der Waals surface area contributed by atoms with Crippen LogP contribution in [0.15, 0.2) is 18.2 Å². The topological polar surface area (TPSA) is 49.3 Å². The number of anilines is 1. The van der Waals surface area contributed by atoms with E-state index in [1.54, 1.807) is 6.07 Å². The minimum Gasteiger partial charge on any atom is -0.478 e. The van der Waals surface area contributed by atoms with E-state index in [-0.39, 0.29) is 11.6 Å². The van der Waals surface area contributed by atoms with Crippen LogP contribution in [0.25, 0.3) is 0 Å². The lowest BCUT2D eigenvalue weighted by atomic mass is 10.0. The Labute approximate surface area is 107 Å². The molecule has 1 unspecified atom stereocenters. The maximum atomic E-state index is 13.4. The third-order valence-electron chi connectivity index (χ3n) is 2.79. The molecule has 2 N–H and O–H groups in total. The van der Waals surface area contributed by atoms with Crippen LogP contribution in [0, 0.1) is 11.7 Å². The van der Waals surface area contributed by atoms with Crippen molar-refractivity contribution in [3.05, 3.63) is 29.6 Å². The highest BCUT2D eigenvalue weighted by atomic mass is 19.1. The quantitative estimate of drug-likeness (QED) is 0.811. The Morgan fingerprint density at radius 1 is 1.33 bits per heavy atom. The summed E-state index contributed by atoms with van der Waals surface area (Å²) in [4.78, 5) is 10.7. The number of hydrogen-bond donors (Lipinski definition) is 2. The molecular formula is C14H20FNO2. The van der Waals surface area contributed by atoms with E-state index in [9.17, 15) is 9.18 Å². The third kappa shape index (κ3) is 4.35. The first-order chi connectivity index (χ1) is 8.40. The van der Waals surface area contributed by atoms with Crippen LogP contribution in [0.4, 0.5) is 10.1 Å². The van der Waals surface area contributed by atoms with Gasteiger partial charge in [-0.25, -0.2) is 9.18 Å². The van der Waals surface area contributed by atoms with Crippen LogP contribution in [0.3, 0.4) is 0 Å². The fourth-order valence-electron chi connectivity index (χ4n) is 1.72. The summed E-state index contributed by atoms with van der Waals surface area (Å²) in [5.41, 5.74) is 0.323. The SMILES string of the molecule is CC(C)CCC(C)Nc1ccc(C(=O)O)c(F)c1. The molecule has 0 saturated heterocycles. The first kappa shape index (κ1) is 14.5. The van der Waals surface area contributed by atoms with Crippen molar-refractivity contribution in [3.63, 3.8) is 0 Å². The largest absolute Gasteiger partial charge is 0.478 e. The molecule has 0 aliphatic rings. The average Bonchev–Trinajstić information content (AvgIpc) is 2.26. The van der Waals surface area contributed by atoms with Gasteiger partial charge in [0.1, 0.15) is 5.82 Å². The van der Waals surface area contributed by atoms with E-state index >= 15 is 0 Å². The summed E-state index contributed by atoms with van der Waals surface area (Å²) in [6.45, 7) is 6.35. The van der Waals surface area contributed by atoms with Crippen molar-refractivity contribution < 1.29 is 14.3 Å². The normalized spacial score (nSPS) is 12.5. The number of rotatable bonds is 6. The summed E-state index contributed by atoms with van der Waals surface area (Å²) in [5, 5.41) is 11.9. The summed E-state index contributed by atoms with van der Waals surface area (Å²) >= 11 is 0. The van der Waals surface area contributed by atoms with Gasteiger partial charge in [-0.3, -0.25) is 0 Å². The summed E-state index contributed by atoms with van der Waals surface area (Å²) in [6, 6.07) is 4.35. The molecule has 0 saturated carbocycles. The number of aromatic carboxylic acids is 1. The van der Waals surface area contributed by atoms with Crippen LogP contribution in [-0.4, -0.2) is 17.1 Å². The molecule has 0 heterocycles. The van der Waals surface area contributed by atoms with Crippen molar-refractivity contribution >= 4 is 11.7 Å². The number of hydrogen-bond acceptors (Lipinski definition) is 2. The number of benzene rings is 1. The zero-order chi connectivity index (χ0) is 13.7. The fraction of sp³-hybridized carbons (Fsp3) is 0.500. The van der Waals surface area contributed by atoms with E-state index in [1.807, 2.05) is 6.92 Å². The van der Waals surface area contributed by atoms with Crippen molar-refractivity contribution in [2.45, 2.75) is 39.7 Å². The van der Waals surface area contributed by atoms with Crippen LogP contribution >= 0.6 is 0 Å². The van der Waals surface area contributed by atoms with Crippen molar-refractivity contribution in [3.8, 4) is 0 Å². The zero-order valence-electron chi connectivity index (χ0n) is 11.0. The van der Waals surface area contributed by atoms with Crippen LogP contribution in [0.2, 0.25) is 0 Å². The first-order valence-electron chi connectivity index (χ1n) is 6.19. The van der Waals surface area contributed by atoms with Gasteiger partial charge in [-0.2, -0.15) is 0 Å². The maximum Gasteiger partial charge on any atom is 0.338 e. The highest BCUT2D eigenvalue weighted by Crippen LogP contribution is 2.17. The van der Waals surface area contributed by atoms with E-state index in [2.05, 4.69) is 19.2 Å². The molecule has 100 valence electrons. The number of carbonyl (C=O) groups is 1. The van der Waals surface area contributed by atoms with E-state index in [0.717, 1.165) is 12.8 Å². The van der Waals surface area contributed by atoms with Gasteiger partial charge in [0.2, 0.25) is 0 Å². The summed E-state index contributed by atoms with van der Waals surface area (Å²) in [5.74, 6) is -1.31. The standard InChI is InChI=1S/C14H20FNO2/c1-9(2)4-5-10(3)16-11-6-7-12(14(17)18)13(15)8-11/h6-10,16H,4-5H2,1-3H3,(H,17,18). The van der Waals surface area contributed by atoms with Gasteiger partial charge < -0.3 is 10.4 Å². The molecule has 1 aromatic rings. The zero-order valence-corrected chi connectivity index (χ0v) is 11.0. The second-order valence-electron chi connectivity index (χ2n) is 5.02. The predicted molar refractivity (Wildman–Crippen MR) is 70.5 cm³/mol. The number of carboxylic acid groups (broad SMARTS) is 1.